The highest BCUT2D eigenvalue weighted by molar-refractivity contribution is 5.77. The van der Waals surface area contributed by atoms with Crippen LogP contribution in [-0.4, -0.2) is 54.7 Å². The van der Waals surface area contributed by atoms with E-state index in [2.05, 4.69) is 5.32 Å². The van der Waals surface area contributed by atoms with Gasteiger partial charge in [-0.05, 0) is 5.56 Å². The molecule has 1 aliphatic heterocycles. The molecule has 21 heavy (non-hydrogen) atoms. The van der Waals surface area contributed by atoms with Gasteiger partial charge in [0.05, 0.1) is 13.2 Å². The van der Waals surface area contributed by atoms with Crippen LogP contribution in [-0.2, 0) is 14.3 Å². The Morgan fingerprint density at radius 2 is 1.90 bits per heavy atom. The van der Waals surface area contributed by atoms with Crippen molar-refractivity contribution in [2.45, 2.75) is 12.5 Å². The van der Waals surface area contributed by atoms with E-state index >= 15 is 0 Å². The first kappa shape index (κ1) is 15.5. The third kappa shape index (κ3) is 4.54. The summed E-state index contributed by atoms with van der Waals surface area (Å²) >= 11 is 0. The smallest absolute Gasteiger partial charge is 0.325 e. The zero-order valence-corrected chi connectivity index (χ0v) is 11.8. The van der Waals surface area contributed by atoms with Gasteiger partial charge in [0.25, 0.3) is 0 Å². The number of nitrogens with one attached hydrogen (secondary N) is 1. The number of benzene rings is 1. The van der Waals surface area contributed by atoms with Crippen LogP contribution in [0, 0.1) is 0 Å². The molecule has 1 atom stereocenters. The molecule has 0 bridgehead atoms. The van der Waals surface area contributed by atoms with Gasteiger partial charge in [0, 0.05) is 26.1 Å². The van der Waals surface area contributed by atoms with Crippen molar-refractivity contribution in [1.29, 1.82) is 0 Å². The summed E-state index contributed by atoms with van der Waals surface area (Å²) in [4.78, 5) is 25.0. The Morgan fingerprint density at radius 3 is 2.52 bits per heavy atom. The SMILES string of the molecule is O=C(O)C(NCCC(=O)N1CCOCC1)c1ccccc1. The molecule has 1 fully saturated rings. The van der Waals surface area contributed by atoms with Crippen molar-refractivity contribution >= 4 is 11.9 Å². The van der Waals surface area contributed by atoms with Crippen molar-refractivity contribution in [2.75, 3.05) is 32.8 Å². The van der Waals surface area contributed by atoms with Gasteiger partial charge in [-0.2, -0.15) is 0 Å². The number of aliphatic carboxylic acids is 1. The Balaban J connectivity index is 1.82. The number of carbonyl (C=O) groups excluding carboxylic acids is 1. The van der Waals surface area contributed by atoms with E-state index in [1.165, 1.54) is 0 Å². The van der Waals surface area contributed by atoms with Crippen molar-refractivity contribution in [3.8, 4) is 0 Å². The Labute approximate surface area is 123 Å². The molecule has 1 unspecified atom stereocenters. The van der Waals surface area contributed by atoms with Crippen LogP contribution in [0.4, 0.5) is 0 Å². The number of carboxylic acid groups (broad SMARTS) is 1. The molecule has 1 heterocycles. The molecule has 2 rings (SSSR count). The molecule has 1 aromatic carbocycles. The summed E-state index contributed by atoms with van der Waals surface area (Å²) in [6, 6.07) is 8.16. The predicted octanol–water partition coefficient (Wildman–Crippen LogP) is 0.651. The molecule has 6 nitrogen and oxygen atoms in total. The fourth-order valence-electron chi connectivity index (χ4n) is 2.29. The minimum Gasteiger partial charge on any atom is -0.480 e. The Kier molecular flexibility index (Phi) is 5.71. The second-order valence-electron chi connectivity index (χ2n) is 4.88. The fraction of sp³-hybridized carbons (Fsp3) is 0.467. The number of ether oxygens (including phenoxy) is 1. The third-order valence-electron chi connectivity index (χ3n) is 3.43. The van der Waals surface area contributed by atoms with Crippen LogP contribution >= 0.6 is 0 Å². The summed E-state index contributed by atoms with van der Waals surface area (Å²) in [6.07, 6.45) is 0.288. The van der Waals surface area contributed by atoms with Crippen molar-refractivity contribution in [3.05, 3.63) is 35.9 Å². The van der Waals surface area contributed by atoms with Crippen LogP contribution < -0.4 is 5.32 Å². The second kappa shape index (κ2) is 7.75. The van der Waals surface area contributed by atoms with E-state index < -0.39 is 12.0 Å². The lowest BCUT2D eigenvalue weighted by atomic mass is 10.1. The van der Waals surface area contributed by atoms with Gasteiger partial charge in [-0.25, -0.2) is 0 Å². The summed E-state index contributed by atoms with van der Waals surface area (Å²) in [5.74, 6) is -0.914. The summed E-state index contributed by atoms with van der Waals surface area (Å²) in [7, 11) is 0. The first-order valence-corrected chi connectivity index (χ1v) is 7.05. The van der Waals surface area contributed by atoms with E-state index in [4.69, 9.17) is 4.74 Å². The van der Waals surface area contributed by atoms with Crippen LogP contribution in [0.5, 0.6) is 0 Å². The molecule has 0 radical (unpaired) electrons. The highest BCUT2D eigenvalue weighted by atomic mass is 16.5. The number of nitrogens with zero attached hydrogens (tertiary/aromatic N) is 1. The number of carbonyl (C=O) groups is 2. The maximum atomic E-state index is 12.0. The average molecular weight is 292 g/mol. The zero-order chi connectivity index (χ0) is 15.1. The maximum absolute atomic E-state index is 12.0. The summed E-state index contributed by atoms with van der Waals surface area (Å²) in [6.45, 7) is 2.70. The van der Waals surface area contributed by atoms with E-state index in [-0.39, 0.29) is 12.3 Å². The van der Waals surface area contributed by atoms with E-state index in [1.807, 2.05) is 6.07 Å². The van der Waals surface area contributed by atoms with Gasteiger partial charge >= 0.3 is 5.97 Å². The standard InChI is InChI=1S/C15H20N2O4/c18-13(17-8-10-21-11-9-17)6-7-16-14(15(19)20)12-4-2-1-3-5-12/h1-5,14,16H,6-11H2,(H,19,20). The number of rotatable bonds is 6. The van der Waals surface area contributed by atoms with Crippen LogP contribution in [0.3, 0.4) is 0 Å². The van der Waals surface area contributed by atoms with Crippen LogP contribution in [0.2, 0.25) is 0 Å². The lowest BCUT2D eigenvalue weighted by molar-refractivity contribution is -0.140. The molecule has 114 valence electrons. The van der Waals surface area contributed by atoms with Gasteiger partial charge in [0.2, 0.25) is 5.91 Å². The van der Waals surface area contributed by atoms with Crippen molar-refractivity contribution in [1.82, 2.24) is 10.2 Å². The molecule has 1 aliphatic rings. The quantitative estimate of drug-likeness (QED) is 0.805. The second-order valence-corrected chi connectivity index (χ2v) is 4.88. The fourth-order valence-corrected chi connectivity index (χ4v) is 2.29. The van der Waals surface area contributed by atoms with E-state index in [0.717, 1.165) is 0 Å². The Bertz CT molecular complexity index is 472. The third-order valence-corrected chi connectivity index (χ3v) is 3.43. The number of hydrogen-bond acceptors (Lipinski definition) is 4. The predicted molar refractivity (Wildman–Crippen MR) is 76.8 cm³/mol. The molecule has 0 aliphatic carbocycles. The number of hydrogen-bond donors (Lipinski definition) is 2. The minimum atomic E-state index is -0.944. The summed E-state index contributed by atoms with van der Waals surface area (Å²) in [5.41, 5.74) is 0.684. The molecule has 0 spiro atoms. The molecule has 1 amide bonds. The topological polar surface area (TPSA) is 78.9 Å². The average Bonchev–Trinajstić information content (AvgIpc) is 2.52. The zero-order valence-electron chi connectivity index (χ0n) is 11.8. The highest BCUT2D eigenvalue weighted by Gasteiger charge is 2.20. The molecule has 2 N–H and O–H groups in total. The first-order chi connectivity index (χ1) is 10.2. The number of amides is 1. The van der Waals surface area contributed by atoms with E-state index in [0.29, 0.717) is 38.4 Å². The van der Waals surface area contributed by atoms with Gasteiger partial charge in [-0.3, -0.25) is 9.59 Å². The molecule has 1 saturated heterocycles. The van der Waals surface area contributed by atoms with Gasteiger partial charge < -0.3 is 20.1 Å². The van der Waals surface area contributed by atoms with Crippen molar-refractivity contribution in [3.63, 3.8) is 0 Å². The lowest BCUT2D eigenvalue weighted by Crippen LogP contribution is -2.42. The molecular weight excluding hydrogens is 272 g/mol. The van der Waals surface area contributed by atoms with E-state index in [1.54, 1.807) is 29.2 Å². The number of carboxylic acids is 1. The maximum Gasteiger partial charge on any atom is 0.325 e. The first-order valence-electron chi connectivity index (χ1n) is 7.05. The van der Waals surface area contributed by atoms with Crippen molar-refractivity contribution < 1.29 is 19.4 Å². The normalized spacial score (nSPS) is 16.5. The monoisotopic (exact) mass is 292 g/mol. The largest absolute Gasteiger partial charge is 0.480 e. The summed E-state index contributed by atoms with van der Waals surface area (Å²) in [5, 5.41) is 12.2. The molecule has 6 heteroatoms. The van der Waals surface area contributed by atoms with Crippen LogP contribution in [0.25, 0.3) is 0 Å². The molecule has 0 saturated carbocycles. The van der Waals surface area contributed by atoms with Gasteiger partial charge in [-0.1, -0.05) is 30.3 Å². The number of morpholine rings is 1. The summed E-state index contributed by atoms with van der Waals surface area (Å²) < 4.78 is 5.19. The molecular formula is C15H20N2O4. The van der Waals surface area contributed by atoms with Crippen LogP contribution in [0.1, 0.15) is 18.0 Å². The highest BCUT2D eigenvalue weighted by Crippen LogP contribution is 2.12. The van der Waals surface area contributed by atoms with Gasteiger partial charge in [0.1, 0.15) is 6.04 Å². The van der Waals surface area contributed by atoms with Gasteiger partial charge in [0.15, 0.2) is 0 Å². The van der Waals surface area contributed by atoms with E-state index in [9.17, 15) is 14.7 Å². The van der Waals surface area contributed by atoms with Crippen molar-refractivity contribution in [2.24, 2.45) is 0 Å². The molecule has 1 aromatic rings. The Morgan fingerprint density at radius 1 is 1.24 bits per heavy atom. The Hall–Kier alpha value is -1.92. The lowest BCUT2D eigenvalue weighted by Gasteiger charge is -2.27. The van der Waals surface area contributed by atoms with Crippen LogP contribution in [0.15, 0.2) is 30.3 Å². The molecule has 0 aromatic heterocycles. The van der Waals surface area contributed by atoms with Gasteiger partial charge in [-0.15, -0.1) is 0 Å². The minimum absolute atomic E-state index is 0.0306.